The molecule has 0 aliphatic heterocycles. The van der Waals surface area contributed by atoms with Gasteiger partial charge in [-0.05, 0) is 36.9 Å². The lowest BCUT2D eigenvalue weighted by molar-refractivity contribution is -0.118. The Kier molecular flexibility index (Phi) is 4.77. The summed E-state index contributed by atoms with van der Waals surface area (Å²) in [5, 5.41) is 3.37. The number of hydrogen-bond donors (Lipinski definition) is 2. The first kappa shape index (κ1) is 14.3. The van der Waals surface area contributed by atoms with Crippen LogP contribution in [0.25, 0.3) is 0 Å². The molecule has 1 aliphatic carbocycles. The van der Waals surface area contributed by atoms with Crippen molar-refractivity contribution < 1.29 is 4.79 Å². The van der Waals surface area contributed by atoms with Crippen LogP contribution in [0.1, 0.15) is 38.5 Å². The van der Waals surface area contributed by atoms with E-state index < -0.39 is 0 Å². The maximum Gasteiger partial charge on any atom is 0.226 e. The van der Waals surface area contributed by atoms with Gasteiger partial charge in [-0.25, -0.2) is 4.98 Å². The van der Waals surface area contributed by atoms with E-state index in [0.717, 1.165) is 12.8 Å². The van der Waals surface area contributed by atoms with Gasteiger partial charge >= 0.3 is 0 Å². The molecular weight excluding hydrogens is 262 g/mol. The molecule has 0 radical (unpaired) electrons. The molecule has 1 fully saturated rings. The smallest absolute Gasteiger partial charge is 0.226 e. The first-order valence-corrected chi connectivity index (χ1v) is 7.13. The molecule has 1 aromatic heterocycles. The number of hydrogen-bond acceptors (Lipinski definition) is 3. The average molecular weight is 282 g/mol. The Morgan fingerprint density at radius 1 is 1.42 bits per heavy atom. The number of carbonyl (C=O) groups excluding carboxylic acids is 1. The Hall–Kier alpha value is -1.13. The van der Waals surface area contributed by atoms with E-state index in [1.54, 1.807) is 18.3 Å². The molecule has 0 unspecified atom stereocenters. The van der Waals surface area contributed by atoms with Crippen LogP contribution in [0.2, 0.25) is 5.02 Å². The van der Waals surface area contributed by atoms with Crippen LogP contribution in [0.4, 0.5) is 5.82 Å². The number of nitrogens with one attached hydrogen (secondary N) is 1. The Morgan fingerprint density at radius 3 is 2.79 bits per heavy atom. The van der Waals surface area contributed by atoms with Gasteiger partial charge in [0.15, 0.2) is 0 Å². The predicted molar refractivity (Wildman–Crippen MR) is 77.1 cm³/mol. The maximum atomic E-state index is 12.1. The summed E-state index contributed by atoms with van der Waals surface area (Å²) in [5.41, 5.74) is 5.86. The lowest BCUT2D eigenvalue weighted by atomic mass is 9.71. The number of halogens is 1. The van der Waals surface area contributed by atoms with Crippen LogP contribution in [0.15, 0.2) is 18.3 Å². The van der Waals surface area contributed by atoms with Gasteiger partial charge in [0.2, 0.25) is 5.91 Å². The highest BCUT2D eigenvalue weighted by Crippen LogP contribution is 2.38. The standard InChI is InChI=1S/C14H20ClN3O/c15-11-4-7-17-12(8-11)18-13(19)9-14(10-16)5-2-1-3-6-14/h4,7-8H,1-3,5-6,9-10,16H2,(H,17,18,19). The molecule has 1 amide bonds. The van der Waals surface area contributed by atoms with Crippen LogP contribution >= 0.6 is 11.6 Å². The molecule has 104 valence electrons. The minimum atomic E-state index is -0.0269. The van der Waals surface area contributed by atoms with Gasteiger partial charge in [-0.1, -0.05) is 30.9 Å². The summed E-state index contributed by atoms with van der Waals surface area (Å²) in [5.74, 6) is 0.475. The largest absolute Gasteiger partial charge is 0.330 e. The number of carbonyl (C=O) groups is 1. The number of amides is 1. The topological polar surface area (TPSA) is 68.0 Å². The van der Waals surface area contributed by atoms with E-state index in [1.165, 1.54) is 19.3 Å². The van der Waals surface area contributed by atoms with Gasteiger partial charge < -0.3 is 11.1 Å². The van der Waals surface area contributed by atoms with Crippen molar-refractivity contribution in [2.75, 3.05) is 11.9 Å². The first-order chi connectivity index (χ1) is 9.13. The Balaban J connectivity index is 1.96. The Bertz CT molecular complexity index is 444. The van der Waals surface area contributed by atoms with Crippen molar-refractivity contribution in [3.63, 3.8) is 0 Å². The summed E-state index contributed by atoms with van der Waals surface area (Å²) < 4.78 is 0. The fraction of sp³-hybridized carbons (Fsp3) is 0.571. The monoisotopic (exact) mass is 281 g/mol. The highest BCUT2D eigenvalue weighted by atomic mass is 35.5. The highest BCUT2D eigenvalue weighted by molar-refractivity contribution is 6.30. The molecule has 1 heterocycles. The van der Waals surface area contributed by atoms with Crippen molar-refractivity contribution in [1.29, 1.82) is 0 Å². The summed E-state index contributed by atoms with van der Waals surface area (Å²) in [4.78, 5) is 16.2. The van der Waals surface area contributed by atoms with Gasteiger partial charge in [-0.15, -0.1) is 0 Å². The lowest BCUT2D eigenvalue weighted by Crippen LogP contribution is -2.36. The van der Waals surface area contributed by atoms with Crippen LogP contribution in [-0.2, 0) is 4.79 Å². The Labute approximate surface area is 118 Å². The van der Waals surface area contributed by atoms with Gasteiger partial charge in [0.05, 0.1) is 0 Å². The molecule has 0 aromatic carbocycles. The van der Waals surface area contributed by atoms with Crippen LogP contribution in [0, 0.1) is 5.41 Å². The van der Waals surface area contributed by atoms with E-state index in [1.807, 2.05) is 0 Å². The first-order valence-electron chi connectivity index (χ1n) is 6.75. The average Bonchev–Trinajstić information content (AvgIpc) is 2.39. The third-order valence-corrected chi connectivity index (χ3v) is 4.11. The molecule has 3 N–H and O–H groups in total. The maximum absolute atomic E-state index is 12.1. The second-order valence-electron chi connectivity index (χ2n) is 5.35. The van der Waals surface area contributed by atoms with Gasteiger partial charge in [-0.3, -0.25) is 4.79 Å². The summed E-state index contributed by atoms with van der Waals surface area (Å²) in [6, 6.07) is 3.33. The summed E-state index contributed by atoms with van der Waals surface area (Å²) >= 11 is 5.86. The molecule has 0 saturated heterocycles. The third-order valence-electron chi connectivity index (χ3n) is 3.87. The summed E-state index contributed by atoms with van der Waals surface area (Å²) in [6.07, 6.45) is 7.72. The van der Waals surface area contributed by atoms with E-state index in [2.05, 4.69) is 10.3 Å². The van der Waals surface area contributed by atoms with E-state index in [9.17, 15) is 4.79 Å². The molecule has 1 aliphatic rings. The third kappa shape index (κ3) is 3.91. The number of nitrogens with zero attached hydrogens (tertiary/aromatic N) is 1. The molecule has 0 bridgehead atoms. The molecule has 2 rings (SSSR count). The number of anilines is 1. The molecule has 1 aromatic rings. The van der Waals surface area contributed by atoms with Crippen LogP contribution < -0.4 is 11.1 Å². The van der Waals surface area contributed by atoms with Crippen LogP contribution in [0.5, 0.6) is 0 Å². The molecule has 0 atom stereocenters. The van der Waals surface area contributed by atoms with E-state index in [0.29, 0.717) is 23.8 Å². The van der Waals surface area contributed by atoms with Crippen LogP contribution in [-0.4, -0.2) is 17.4 Å². The van der Waals surface area contributed by atoms with Crippen molar-refractivity contribution >= 4 is 23.3 Å². The fourth-order valence-corrected chi connectivity index (χ4v) is 2.92. The van der Waals surface area contributed by atoms with Crippen molar-refractivity contribution in [2.24, 2.45) is 11.1 Å². The second-order valence-corrected chi connectivity index (χ2v) is 5.79. The molecule has 0 spiro atoms. The zero-order valence-corrected chi connectivity index (χ0v) is 11.7. The van der Waals surface area contributed by atoms with Crippen molar-refractivity contribution in [1.82, 2.24) is 4.98 Å². The van der Waals surface area contributed by atoms with Crippen molar-refractivity contribution in [3.8, 4) is 0 Å². The number of rotatable bonds is 4. The van der Waals surface area contributed by atoms with E-state index in [4.69, 9.17) is 17.3 Å². The zero-order valence-electron chi connectivity index (χ0n) is 11.0. The van der Waals surface area contributed by atoms with Gasteiger partial charge in [0.25, 0.3) is 0 Å². The summed E-state index contributed by atoms with van der Waals surface area (Å²) in [7, 11) is 0. The van der Waals surface area contributed by atoms with E-state index in [-0.39, 0.29) is 11.3 Å². The zero-order chi connectivity index (χ0) is 13.7. The predicted octanol–water partition coefficient (Wildman–Crippen LogP) is 2.97. The fourth-order valence-electron chi connectivity index (χ4n) is 2.76. The van der Waals surface area contributed by atoms with E-state index >= 15 is 0 Å². The molecule has 4 nitrogen and oxygen atoms in total. The highest BCUT2D eigenvalue weighted by Gasteiger charge is 2.32. The molecule has 1 saturated carbocycles. The lowest BCUT2D eigenvalue weighted by Gasteiger charge is -2.35. The van der Waals surface area contributed by atoms with Gasteiger partial charge in [0.1, 0.15) is 5.82 Å². The summed E-state index contributed by atoms with van der Waals surface area (Å²) in [6.45, 7) is 0.573. The second kappa shape index (κ2) is 6.35. The minimum absolute atomic E-state index is 0.0258. The quantitative estimate of drug-likeness (QED) is 0.891. The molecule has 19 heavy (non-hydrogen) atoms. The van der Waals surface area contributed by atoms with Gasteiger partial charge in [-0.2, -0.15) is 0 Å². The van der Waals surface area contributed by atoms with Gasteiger partial charge in [0, 0.05) is 17.6 Å². The number of pyridine rings is 1. The minimum Gasteiger partial charge on any atom is -0.330 e. The SMILES string of the molecule is NCC1(CC(=O)Nc2cc(Cl)ccn2)CCCCC1. The number of nitrogens with two attached hydrogens (primary N) is 1. The molecular formula is C14H20ClN3O. The normalized spacial score (nSPS) is 18.0. The number of aromatic nitrogens is 1. The molecule has 5 heteroatoms. The Morgan fingerprint density at radius 2 is 2.16 bits per heavy atom. The van der Waals surface area contributed by atoms with Crippen molar-refractivity contribution in [3.05, 3.63) is 23.4 Å². The van der Waals surface area contributed by atoms with Crippen LogP contribution in [0.3, 0.4) is 0 Å². The van der Waals surface area contributed by atoms with Crippen molar-refractivity contribution in [2.45, 2.75) is 38.5 Å².